The minimum atomic E-state index is -1.09. The molecule has 0 fully saturated rings. The lowest BCUT2D eigenvalue weighted by Crippen LogP contribution is -2.01. The molecule has 0 spiro atoms. The summed E-state index contributed by atoms with van der Waals surface area (Å²) in [6.07, 6.45) is 0. The first-order valence-electron chi connectivity index (χ1n) is 6.27. The molecule has 0 aliphatic carbocycles. The number of nitrogens with one attached hydrogen (secondary N) is 1. The fraction of sp³-hybridized carbons (Fsp3) is 0.286. The SMILES string of the molecule is CCOc1cc(C)c(-c2nc(N)[nH]c2C(=O)O)cc1C. The van der Waals surface area contributed by atoms with E-state index in [4.69, 9.17) is 10.5 Å². The third-order valence-corrected chi connectivity index (χ3v) is 3.01. The molecule has 0 radical (unpaired) electrons. The molecule has 0 amide bonds. The molecule has 0 aliphatic heterocycles. The molecular formula is C14H17N3O3. The second-order valence-electron chi connectivity index (χ2n) is 4.52. The fourth-order valence-corrected chi connectivity index (χ4v) is 2.10. The lowest BCUT2D eigenvalue weighted by Gasteiger charge is -2.11. The number of carbonyl (C=O) groups is 1. The van der Waals surface area contributed by atoms with Gasteiger partial charge in [0, 0.05) is 5.56 Å². The Bertz CT molecular complexity index is 662. The van der Waals surface area contributed by atoms with E-state index in [0.29, 0.717) is 12.3 Å². The van der Waals surface area contributed by atoms with Crippen LogP contribution in [-0.4, -0.2) is 27.7 Å². The highest BCUT2D eigenvalue weighted by atomic mass is 16.5. The quantitative estimate of drug-likeness (QED) is 0.795. The van der Waals surface area contributed by atoms with E-state index >= 15 is 0 Å². The number of rotatable bonds is 4. The number of H-pyrrole nitrogens is 1. The second kappa shape index (κ2) is 5.24. The van der Waals surface area contributed by atoms with Gasteiger partial charge in [-0.25, -0.2) is 9.78 Å². The summed E-state index contributed by atoms with van der Waals surface area (Å²) in [5.74, 6) is -0.215. The summed E-state index contributed by atoms with van der Waals surface area (Å²) in [5, 5.41) is 9.19. The number of carboxylic acid groups (broad SMARTS) is 1. The number of aryl methyl sites for hydroxylation is 2. The molecule has 0 saturated heterocycles. The number of nitrogens with zero attached hydrogens (tertiary/aromatic N) is 1. The van der Waals surface area contributed by atoms with E-state index in [1.165, 1.54) is 0 Å². The van der Waals surface area contributed by atoms with Crippen molar-refractivity contribution in [2.45, 2.75) is 20.8 Å². The van der Waals surface area contributed by atoms with Crippen LogP contribution in [0.4, 0.5) is 5.95 Å². The van der Waals surface area contributed by atoms with Crippen LogP contribution >= 0.6 is 0 Å². The Morgan fingerprint density at radius 3 is 2.70 bits per heavy atom. The lowest BCUT2D eigenvalue weighted by atomic mass is 10.0. The summed E-state index contributed by atoms with van der Waals surface area (Å²) in [6.45, 7) is 6.28. The highest BCUT2D eigenvalue weighted by molar-refractivity contribution is 5.94. The zero-order chi connectivity index (χ0) is 14.9. The van der Waals surface area contributed by atoms with Crippen molar-refractivity contribution in [3.05, 3.63) is 29.0 Å². The first kappa shape index (κ1) is 13.9. The number of aromatic nitrogens is 2. The van der Waals surface area contributed by atoms with Crippen LogP contribution in [0.25, 0.3) is 11.3 Å². The van der Waals surface area contributed by atoms with Crippen molar-refractivity contribution in [3.63, 3.8) is 0 Å². The summed E-state index contributed by atoms with van der Waals surface area (Å²) in [6, 6.07) is 3.74. The van der Waals surface area contributed by atoms with Gasteiger partial charge in [-0.3, -0.25) is 0 Å². The van der Waals surface area contributed by atoms with Crippen molar-refractivity contribution in [2.24, 2.45) is 0 Å². The monoisotopic (exact) mass is 275 g/mol. The molecule has 0 saturated carbocycles. The largest absolute Gasteiger partial charge is 0.494 e. The van der Waals surface area contributed by atoms with Crippen molar-refractivity contribution in [1.29, 1.82) is 0 Å². The number of carboxylic acids is 1. The predicted octanol–water partition coefficient (Wildman–Crippen LogP) is 2.37. The minimum absolute atomic E-state index is 0.00541. The fourth-order valence-electron chi connectivity index (χ4n) is 2.10. The van der Waals surface area contributed by atoms with Crippen LogP contribution in [-0.2, 0) is 0 Å². The van der Waals surface area contributed by atoms with Gasteiger partial charge in [0.25, 0.3) is 0 Å². The van der Waals surface area contributed by atoms with Crippen LogP contribution in [0, 0.1) is 13.8 Å². The molecular weight excluding hydrogens is 258 g/mol. The highest BCUT2D eigenvalue weighted by Gasteiger charge is 2.19. The van der Waals surface area contributed by atoms with E-state index in [-0.39, 0.29) is 11.6 Å². The molecule has 4 N–H and O–H groups in total. The maximum Gasteiger partial charge on any atom is 0.354 e. The number of benzene rings is 1. The summed E-state index contributed by atoms with van der Waals surface area (Å²) >= 11 is 0. The molecule has 2 aromatic rings. The summed E-state index contributed by atoms with van der Waals surface area (Å²) in [4.78, 5) is 17.9. The number of aromatic amines is 1. The van der Waals surface area contributed by atoms with Crippen LogP contribution in [0.15, 0.2) is 12.1 Å². The smallest absolute Gasteiger partial charge is 0.354 e. The zero-order valence-corrected chi connectivity index (χ0v) is 11.7. The van der Waals surface area contributed by atoms with Gasteiger partial charge in [-0.1, -0.05) is 0 Å². The average molecular weight is 275 g/mol. The normalized spacial score (nSPS) is 10.6. The van der Waals surface area contributed by atoms with E-state index in [2.05, 4.69) is 9.97 Å². The van der Waals surface area contributed by atoms with Gasteiger partial charge in [0.2, 0.25) is 0 Å². The van der Waals surface area contributed by atoms with Gasteiger partial charge in [-0.2, -0.15) is 0 Å². The molecule has 0 unspecified atom stereocenters. The van der Waals surface area contributed by atoms with Crippen molar-refractivity contribution in [1.82, 2.24) is 9.97 Å². The van der Waals surface area contributed by atoms with Gasteiger partial charge >= 0.3 is 5.97 Å². The Kier molecular flexibility index (Phi) is 3.65. The van der Waals surface area contributed by atoms with E-state index < -0.39 is 5.97 Å². The molecule has 2 rings (SSSR count). The van der Waals surface area contributed by atoms with Gasteiger partial charge in [-0.05, 0) is 44.0 Å². The lowest BCUT2D eigenvalue weighted by molar-refractivity contribution is 0.0692. The number of nitrogens with two attached hydrogens (primary N) is 1. The maximum absolute atomic E-state index is 11.2. The number of hydrogen-bond donors (Lipinski definition) is 3. The summed E-state index contributed by atoms with van der Waals surface area (Å²) < 4.78 is 5.52. The standard InChI is InChI=1S/C14H17N3O3/c1-4-20-10-6-7(2)9(5-8(10)3)11-12(13(18)19)17-14(15)16-11/h5-6H,4H2,1-3H3,(H,18,19)(H3,15,16,17). The van der Waals surface area contributed by atoms with Gasteiger partial charge in [-0.15, -0.1) is 0 Å². The van der Waals surface area contributed by atoms with Crippen LogP contribution < -0.4 is 10.5 Å². The van der Waals surface area contributed by atoms with Crippen LogP contribution in [0.2, 0.25) is 0 Å². The number of anilines is 1. The second-order valence-corrected chi connectivity index (χ2v) is 4.52. The van der Waals surface area contributed by atoms with Crippen LogP contribution in [0.3, 0.4) is 0 Å². The maximum atomic E-state index is 11.2. The first-order chi connectivity index (χ1) is 9.43. The molecule has 1 aromatic carbocycles. The molecule has 0 bridgehead atoms. The average Bonchev–Trinajstić information content (AvgIpc) is 2.76. The molecule has 20 heavy (non-hydrogen) atoms. The topological polar surface area (TPSA) is 101 Å². The number of imidazole rings is 1. The number of nitrogen functional groups attached to an aromatic ring is 1. The number of ether oxygens (including phenoxy) is 1. The number of aromatic carboxylic acids is 1. The van der Waals surface area contributed by atoms with E-state index in [1.807, 2.05) is 32.9 Å². The molecule has 6 heteroatoms. The van der Waals surface area contributed by atoms with Crippen LogP contribution in [0.1, 0.15) is 28.5 Å². The van der Waals surface area contributed by atoms with E-state index in [1.54, 1.807) is 0 Å². The van der Waals surface area contributed by atoms with E-state index in [9.17, 15) is 9.90 Å². The Balaban J connectivity index is 2.59. The van der Waals surface area contributed by atoms with Gasteiger partial charge in [0.1, 0.15) is 11.4 Å². The van der Waals surface area contributed by atoms with Crippen molar-refractivity contribution in [2.75, 3.05) is 12.3 Å². The van der Waals surface area contributed by atoms with Crippen molar-refractivity contribution < 1.29 is 14.6 Å². The van der Waals surface area contributed by atoms with E-state index in [0.717, 1.165) is 22.4 Å². The van der Waals surface area contributed by atoms with Gasteiger partial charge < -0.3 is 20.6 Å². The minimum Gasteiger partial charge on any atom is -0.494 e. The zero-order valence-electron chi connectivity index (χ0n) is 11.7. The molecule has 0 aliphatic rings. The molecule has 1 heterocycles. The van der Waals surface area contributed by atoms with Crippen molar-refractivity contribution >= 4 is 11.9 Å². The Hall–Kier alpha value is -2.50. The molecule has 106 valence electrons. The number of hydrogen-bond acceptors (Lipinski definition) is 4. The third kappa shape index (κ3) is 2.45. The van der Waals surface area contributed by atoms with Crippen molar-refractivity contribution in [3.8, 4) is 17.0 Å². The van der Waals surface area contributed by atoms with Gasteiger partial charge in [0.15, 0.2) is 11.6 Å². The molecule has 0 atom stereocenters. The van der Waals surface area contributed by atoms with Gasteiger partial charge in [0.05, 0.1) is 6.61 Å². The Morgan fingerprint density at radius 1 is 1.40 bits per heavy atom. The van der Waals surface area contributed by atoms with Crippen LogP contribution in [0.5, 0.6) is 5.75 Å². The Labute approximate surface area is 116 Å². The first-order valence-corrected chi connectivity index (χ1v) is 6.27. The predicted molar refractivity (Wildman–Crippen MR) is 76.0 cm³/mol. The molecule has 1 aromatic heterocycles. The summed E-state index contributed by atoms with van der Waals surface area (Å²) in [5.41, 5.74) is 8.44. The third-order valence-electron chi connectivity index (χ3n) is 3.01. The molecule has 6 nitrogen and oxygen atoms in total. The Morgan fingerprint density at radius 2 is 2.10 bits per heavy atom. The summed E-state index contributed by atoms with van der Waals surface area (Å²) in [7, 11) is 0. The highest BCUT2D eigenvalue weighted by Crippen LogP contribution is 2.31.